The second kappa shape index (κ2) is 7.97. The molecule has 2 heterocycles. The number of ether oxygens (including phenoxy) is 1. The van der Waals surface area contributed by atoms with E-state index >= 15 is 0 Å². The van der Waals surface area contributed by atoms with Gasteiger partial charge < -0.3 is 9.30 Å². The summed E-state index contributed by atoms with van der Waals surface area (Å²) in [4.78, 5) is 0. The number of benzene rings is 6. The molecule has 0 radical (unpaired) electrons. The van der Waals surface area contributed by atoms with E-state index in [-0.39, 0.29) is 0 Å². The maximum Gasteiger partial charge on any atom is 0.156 e. The van der Waals surface area contributed by atoms with E-state index in [1.807, 2.05) is 24.3 Å². The molecule has 190 valence electrons. The van der Waals surface area contributed by atoms with Crippen molar-refractivity contribution in [2.24, 2.45) is 0 Å². The van der Waals surface area contributed by atoms with E-state index in [0.29, 0.717) is 5.56 Å². The van der Waals surface area contributed by atoms with E-state index in [2.05, 4.69) is 120 Å². The summed E-state index contributed by atoms with van der Waals surface area (Å²) in [6.07, 6.45) is 0. The lowest BCUT2D eigenvalue weighted by molar-refractivity contribution is 0.440. The SMILES string of the molecule is N#Cc1ccc(-n2c3ccccc3c3ccc4c(c32)Oc2ccccc2C42c3ccccc3-c3ccccc32)cc1. The van der Waals surface area contributed by atoms with Gasteiger partial charge in [-0.15, -0.1) is 0 Å². The molecule has 0 saturated carbocycles. The Morgan fingerprint density at radius 3 is 1.93 bits per heavy atom. The molecular formula is C38H22N2O. The predicted molar refractivity (Wildman–Crippen MR) is 163 cm³/mol. The molecule has 6 aromatic carbocycles. The van der Waals surface area contributed by atoms with E-state index in [0.717, 1.165) is 44.7 Å². The first kappa shape index (κ1) is 22.2. The second-order valence-electron chi connectivity index (χ2n) is 10.8. The van der Waals surface area contributed by atoms with Gasteiger partial charge in [-0.2, -0.15) is 5.26 Å². The molecule has 9 rings (SSSR count). The summed E-state index contributed by atoms with van der Waals surface area (Å²) < 4.78 is 9.26. The Morgan fingerprint density at radius 2 is 1.20 bits per heavy atom. The summed E-state index contributed by atoms with van der Waals surface area (Å²) in [5, 5.41) is 11.8. The zero-order valence-corrected chi connectivity index (χ0v) is 22.0. The standard InChI is InChI=1S/C38H22N2O/c39-23-24-17-19-25(20-18-24)40-34-15-7-3-11-28(34)29-21-22-33-37(36(29)40)41-35-16-8-6-14-32(35)38(33)30-12-4-1-9-26(30)27-10-2-5-13-31(27)38/h1-22H. The first-order valence-corrected chi connectivity index (χ1v) is 13.8. The van der Waals surface area contributed by atoms with E-state index < -0.39 is 5.41 Å². The molecule has 3 nitrogen and oxygen atoms in total. The normalized spacial score (nSPS) is 13.7. The zero-order chi connectivity index (χ0) is 27.1. The molecule has 0 unspecified atom stereocenters. The summed E-state index contributed by atoms with van der Waals surface area (Å²) in [6, 6.07) is 49.2. The number of fused-ring (bicyclic) bond motifs is 13. The van der Waals surface area contributed by atoms with Gasteiger partial charge in [0.15, 0.2) is 5.75 Å². The highest BCUT2D eigenvalue weighted by atomic mass is 16.5. The molecule has 7 aromatic rings. The topological polar surface area (TPSA) is 38.0 Å². The molecule has 0 fully saturated rings. The van der Waals surface area contributed by atoms with Crippen LogP contribution >= 0.6 is 0 Å². The van der Waals surface area contributed by atoms with Gasteiger partial charge in [0, 0.05) is 27.6 Å². The highest BCUT2D eigenvalue weighted by Gasteiger charge is 2.51. The van der Waals surface area contributed by atoms with Crippen LogP contribution in [0.1, 0.15) is 27.8 Å². The lowest BCUT2D eigenvalue weighted by Crippen LogP contribution is -2.32. The monoisotopic (exact) mass is 522 g/mol. The molecule has 1 aromatic heterocycles. The summed E-state index contributed by atoms with van der Waals surface area (Å²) in [5.41, 5.74) is 10.6. The molecular weight excluding hydrogens is 500 g/mol. The molecule has 1 aliphatic heterocycles. The molecule has 1 spiro atoms. The number of nitriles is 1. The Morgan fingerprint density at radius 1 is 0.561 bits per heavy atom. The molecule has 0 atom stereocenters. The minimum atomic E-state index is -0.516. The minimum absolute atomic E-state index is 0.516. The fourth-order valence-electron chi connectivity index (χ4n) is 7.32. The molecule has 0 saturated heterocycles. The molecule has 3 heteroatoms. The summed E-state index contributed by atoms with van der Waals surface area (Å²) in [7, 11) is 0. The first-order chi connectivity index (χ1) is 20.3. The third-order valence-corrected chi connectivity index (χ3v) is 8.90. The summed E-state index contributed by atoms with van der Waals surface area (Å²) in [6.45, 7) is 0. The Labute approximate surface area is 237 Å². The van der Waals surface area contributed by atoms with Gasteiger partial charge in [0.25, 0.3) is 0 Å². The van der Waals surface area contributed by atoms with E-state index in [4.69, 9.17) is 4.74 Å². The van der Waals surface area contributed by atoms with Crippen molar-refractivity contribution in [2.45, 2.75) is 5.41 Å². The lowest BCUT2D eigenvalue weighted by Gasteiger charge is -2.39. The average Bonchev–Trinajstić information content (AvgIpc) is 3.53. The van der Waals surface area contributed by atoms with Crippen LogP contribution in [0, 0.1) is 11.3 Å². The molecule has 2 aliphatic rings. The number of nitrogens with zero attached hydrogens (tertiary/aromatic N) is 2. The van der Waals surface area contributed by atoms with Crippen LogP contribution in [0.25, 0.3) is 38.6 Å². The third kappa shape index (κ3) is 2.71. The van der Waals surface area contributed by atoms with Gasteiger partial charge in [-0.25, -0.2) is 0 Å². The van der Waals surface area contributed by atoms with Crippen molar-refractivity contribution in [1.29, 1.82) is 5.26 Å². The van der Waals surface area contributed by atoms with E-state index in [1.165, 1.54) is 27.6 Å². The van der Waals surface area contributed by atoms with Crippen LogP contribution in [0.3, 0.4) is 0 Å². The number of hydrogen-bond acceptors (Lipinski definition) is 2. The molecule has 0 N–H and O–H groups in total. The van der Waals surface area contributed by atoms with Crippen LogP contribution in [-0.4, -0.2) is 4.57 Å². The van der Waals surface area contributed by atoms with E-state index in [1.54, 1.807) is 0 Å². The third-order valence-electron chi connectivity index (χ3n) is 8.90. The Hall–Kier alpha value is -5.59. The molecule has 41 heavy (non-hydrogen) atoms. The van der Waals surface area contributed by atoms with Crippen LogP contribution in [0.4, 0.5) is 0 Å². The van der Waals surface area contributed by atoms with Crippen molar-refractivity contribution < 1.29 is 4.74 Å². The van der Waals surface area contributed by atoms with Crippen LogP contribution < -0.4 is 4.74 Å². The van der Waals surface area contributed by atoms with Gasteiger partial charge in [0.2, 0.25) is 0 Å². The smallest absolute Gasteiger partial charge is 0.156 e. The van der Waals surface area contributed by atoms with Crippen molar-refractivity contribution in [2.75, 3.05) is 0 Å². The first-order valence-electron chi connectivity index (χ1n) is 13.8. The van der Waals surface area contributed by atoms with E-state index in [9.17, 15) is 5.26 Å². The number of hydrogen-bond donors (Lipinski definition) is 0. The zero-order valence-electron chi connectivity index (χ0n) is 22.0. The van der Waals surface area contributed by atoms with Gasteiger partial charge in [-0.05, 0) is 58.7 Å². The van der Waals surface area contributed by atoms with Crippen molar-refractivity contribution in [3.63, 3.8) is 0 Å². The quantitative estimate of drug-likeness (QED) is 0.216. The predicted octanol–water partition coefficient (Wildman–Crippen LogP) is 9.12. The van der Waals surface area contributed by atoms with Crippen molar-refractivity contribution >= 4 is 21.8 Å². The molecule has 0 amide bonds. The van der Waals surface area contributed by atoms with Crippen molar-refractivity contribution in [3.8, 4) is 34.4 Å². The summed E-state index contributed by atoms with van der Waals surface area (Å²) in [5.74, 6) is 1.74. The van der Waals surface area contributed by atoms with Crippen molar-refractivity contribution in [1.82, 2.24) is 4.57 Å². The van der Waals surface area contributed by atoms with Gasteiger partial charge in [-0.3, -0.25) is 0 Å². The van der Waals surface area contributed by atoms with Gasteiger partial charge >= 0.3 is 0 Å². The Kier molecular flexibility index (Phi) is 4.33. The van der Waals surface area contributed by atoms with Gasteiger partial charge in [-0.1, -0.05) is 97.1 Å². The maximum absolute atomic E-state index is 9.45. The minimum Gasteiger partial charge on any atom is -0.454 e. The second-order valence-corrected chi connectivity index (χ2v) is 10.8. The van der Waals surface area contributed by atoms with Gasteiger partial charge in [0.1, 0.15) is 5.75 Å². The van der Waals surface area contributed by atoms with Gasteiger partial charge in [0.05, 0.1) is 28.1 Å². The Bertz CT molecular complexity index is 2200. The maximum atomic E-state index is 9.45. The average molecular weight is 523 g/mol. The number of rotatable bonds is 1. The number of para-hydroxylation sites is 2. The Balaban J connectivity index is 1.48. The number of aromatic nitrogens is 1. The molecule has 1 aliphatic carbocycles. The van der Waals surface area contributed by atoms with Crippen LogP contribution in [0.2, 0.25) is 0 Å². The van der Waals surface area contributed by atoms with Crippen molar-refractivity contribution in [3.05, 3.63) is 161 Å². The fraction of sp³-hybridized carbons (Fsp3) is 0.0263. The van der Waals surface area contributed by atoms with Crippen LogP contribution in [-0.2, 0) is 5.41 Å². The lowest BCUT2D eigenvalue weighted by atomic mass is 9.66. The highest BCUT2D eigenvalue weighted by molar-refractivity contribution is 6.12. The highest BCUT2D eigenvalue weighted by Crippen LogP contribution is 2.63. The molecule has 0 bridgehead atoms. The largest absolute Gasteiger partial charge is 0.454 e. The summed E-state index contributed by atoms with van der Waals surface area (Å²) >= 11 is 0. The van der Waals surface area contributed by atoms with Crippen LogP contribution in [0.5, 0.6) is 11.5 Å². The fourth-order valence-corrected chi connectivity index (χ4v) is 7.32. The van der Waals surface area contributed by atoms with Crippen LogP contribution in [0.15, 0.2) is 133 Å².